The number of hydrogen-bond donors (Lipinski definition) is 3. The van der Waals surface area contributed by atoms with Gasteiger partial charge >= 0.3 is 5.97 Å². The fourth-order valence-electron chi connectivity index (χ4n) is 2.21. The SMILES string of the molecule is Cc1ccc([N+](=O)[O-])c(NC(CCC(N)CO)C(=O)OC(C)(C)C)c1. The van der Waals surface area contributed by atoms with Gasteiger partial charge in [0, 0.05) is 12.1 Å². The second-order valence-corrected chi connectivity index (χ2v) is 7.03. The van der Waals surface area contributed by atoms with Crippen LogP contribution in [0.3, 0.4) is 0 Å². The topological polar surface area (TPSA) is 128 Å². The van der Waals surface area contributed by atoms with Crippen molar-refractivity contribution < 1.29 is 19.6 Å². The first-order valence-corrected chi connectivity index (χ1v) is 8.14. The number of nitro groups is 1. The van der Waals surface area contributed by atoms with E-state index < -0.39 is 28.6 Å². The third-order valence-corrected chi connectivity index (χ3v) is 3.43. The number of nitrogens with two attached hydrogens (primary N) is 1. The highest BCUT2D eigenvalue weighted by molar-refractivity contribution is 5.81. The van der Waals surface area contributed by atoms with Crippen molar-refractivity contribution in [1.82, 2.24) is 0 Å². The number of nitrogens with zero attached hydrogens (tertiary/aromatic N) is 1. The first kappa shape index (κ1) is 20.9. The average Bonchev–Trinajstić information content (AvgIpc) is 2.48. The van der Waals surface area contributed by atoms with Gasteiger partial charge in [-0.15, -0.1) is 0 Å². The minimum absolute atomic E-state index is 0.120. The fourth-order valence-corrected chi connectivity index (χ4v) is 2.21. The van der Waals surface area contributed by atoms with Gasteiger partial charge in [-0.05, 0) is 52.2 Å². The van der Waals surface area contributed by atoms with Crippen LogP contribution in [0.5, 0.6) is 0 Å². The van der Waals surface area contributed by atoms with E-state index in [0.717, 1.165) is 5.56 Å². The Morgan fingerprint density at radius 3 is 2.56 bits per heavy atom. The number of carbonyl (C=O) groups excluding carboxylic acids is 1. The van der Waals surface area contributed by atoms with Crippen LogP contribution in [-0.4, -0.2) is 40.3 Å². The molecule has 0 bridgehead atoms. The molecule has 0 fully saturated rings. The fraction of sp³-hybridized carbons (Fsp3) is 0.588. The molecule has 0 aromatic heterocycles. The number of benzene rings is 1. The maximum atomic E-state index is 12.5. The maximum absolute atomic E-state index is 12.5. The normalized spacial score (nSPS) is 13.8. The van der Waals surface area contributed by atoms with Gasteiger partial charge in [-0.25, -0.2) is 4.79 Å². The Morgan fingerprint density at radius 1 is 1.40 bits per heavy atom. The van der Waals surface area contributed by atoms with E-state index in [4.69, 9.17) is 15.6 Å². The molecule has 4 N–H and O–H groups in total. The summed E-state index contributed by atoms with van der Waals surface area (Å²) in [6.45, 7) is 6.84. The lowest BCUT2D eigenvalue weighted by Crippen LogP contribution is -2.38. The van der Waals surface area contributed by atoms with Crippen LogP contribution in [0.15, 0.2) is 18.2 Å². The van der Waals surface area contributed by atoms with Crippen molar-refractivity contribution in [1.29, 1.82) is 0 Å². The standard InChI is InChI=1S/C17H27N3O5/c1-11-5-8-15(20(23)24)14(9-11)19-13(7-6-12(18)10-21)16(22)25-17(2,3)4/h5,8-9,12-13,19,21H,6-7,10,18H2,1-4H3. The summed E-state index contributed by atoms with van der Waals surface area (Å²) in [6.07, 6.45) is 0.648. The Balaban J connectivity index is 3.05. The molecule has 0 aliphatic heterocycles. The van der Waals surface area contributed by atoms with E-state index >= 15 is 0 Å². The third kappa shape index (κ3) is 7.06. The summed E-state index contributed by atoms with van der Waals surface area (Å²) in [5, 5.41) is 23.2. The summed E-state index contributed by atoms with van der Waals surface area (Å²) in [4.78, 5) is 23.2. The number of carbonyl (C=O) groups is 1. The number of anilines is 1. The molecular weight excluding hydrogens is 326 g/mol. The van der Waals surface area contributed by atoms with Gasteiger partial charge in [-0.3, -0.25) is 10.1 Å². The minimum atomic E-state index is -0.808. The molecule has 0 saturated carbocycles. The summed E-state index contributed by atoms with van der Waals surface area (Å²) in [5.74, 6) is -0.520. The van der Waals surface area contributed by atoms with Crippen LogP contribution in [-0.2, 0) is 9.53 Å². The molecule has 0 saturated heterocycles. The lowest BCUT2D eigenvalue weighted by Gasteiger charge is -2.25. The molecule has 140 valence electrons. The summed E-state index contributed by atoms with van der Waals surface area (Å²) < 4.78 is 5.39. The Morgan fingerprint density at radius 2 is 2.04 bits per heavy atom. The minimum Gasteiger partial charge on any atom is -0.458 e. The van der Waals surface area contributed by atoms with E-state index in [-0.39, 0.29) is 24.4 Å². The number of nitro benzene ring substituents is 1. The summed E-state index contributed by atoms with van der Waals surface area (Å²) in [5.41, 5.74) is 5.97. The molecule has 1 aromatic carbocycles. The van der Waals surface area contributed by atoms with Crippen molar-refractivity contribution in [2.45, 2.75) is 58.2 Å². The third-order valence-electron chi connectivity index (χ3n) is 3.43. The zero-order valence-electron chi connectivity index (χ0n) is 15.1. The molecule has 25 heavy (non-hydrogen) atoms. The number of aliphatic hydroxyl groups excluding tert-OH is 1. The van der Waals surface area contributed by atoms with Crippen molar-refractivity contribution in [3.05, 3.63) is 33.9 Å². The van der Waals surface area contributed by atoms with Gasteiger partial charge in [0.15, 0.2) is 0 Å². The van der Waals surface area contributed by atoms with E-state index in [1.54, 1.807) is 39.8 Å². The molecule has 0 amide bonds. The molecule has 0 aliphatic carbocycles. The molecule has 0 spiro atoms. The van der Waals surface area contributed by atoms with Gasteiger partial charge in [0.25, 0.3) is 5.69 Å². The van der Waals surface area contributed by atoms with Crippen molar-refractivity contribution in [3.63, 3.8) is 0 Å². The Bertz CT molecular complexity index is 613. The number of esters is 1. The van der Waals surface area contributed by atoms with Crippen molar-refractivity contribution in [3.8, 4) is 0 Å². The number of rotatable bonds is 8. The van der Waals surface area contributed by atoms with Crippen LogP contribution >= 0.6 is 0 Å². The van der Waals surface area contributed by atoms with Gasteiger partial charge in [-0.2, -0.15) is 0 Å². The number of aryl methyl sites for hydroxylation is 1. The van der Waals surface area contributed by atoms with Crippen LogP contribution in [0.2, 0.25) is 0 Å². The Kier molecular flexibility index (Phi) is 7.32. The highest BCUT2D eigenvalue weighted by Gasteiger charge is 2.27. The Labute approximate surface area is 147 Å². The second-order valence-electron chi connectivity index (χ2n) is 7.03. The average molecular weight is 353 g/mol. The maximum Gasteiger partial charge on any atom is 0.329 e. The molecule has 8 heteroatoms. The van der Waals surface area contributed by atoms with Crippen LogP contribution in [0, 0.1) is 17.0 Å². The lowest BCUT2D eigenvalue weighted by molar-refractivity contribution is -0.384. The molecule has 1 aromatic rings. The lowest BCUT2D eigenvalue weighted by atomic mass is 10.1. The number of ether oxygens (including phenoxy) is 1. The van der Waals surface area contributed by atoms with E-state index in [9.17, 15) is 14.9 Å². The van der Waals surface area contributed by atoms with E-state index in [0.29, 0.717) is 6.42 Å². The van der Waals surface area contributed by atoms with Crippen LogP contribution in [0.1, 0.15) is 39.2 Å². The molecular formula is C17H27N3O5. The molecule has 2 unspecified atom stereocenters. The summed E-state index contributed by atoms with van der Waals surface area (Å²) in [7, 11) is 0. The van der Waals surface area contributed by atoms with Gasteiger partial charge < -0.3 is 20.9 Å². The first-order chi connectivity index (χ1) is 11.5. The number of hydrogen-bond acceptors (Lipinski definition) is 7. The highest BCUT2D eigenvalue weighted by atomic mass is 16.6. The first-order valence-electron chi connectivity index (χ1n) is 8.14. The van der Waals surface area contributed by atoms with Crippen LogP contribution in [0.4, 0.5) is 11.4 Å². The second kappa shape index (κ2) is 8.77. The van der Waals surface area contributed by atoms with E-state index in [1.807, 2.05) is 0 Å². The van der Waals surface area contributed by atoms with Gasteiger partial charge in [0.05, 0.1) is 11.5 Å². The predicted molar refractivity (Wildman–Crippen MR) is 95.4 cm³/mol. The summed E-state index contributed by atoms with van der Waals surface area (Å²) in [6, 6.07) is 3.36. The molecule has 0 aliphatic rings. The number of nitrogens with one attached hydrogen (secondary N) is 1. The summed E-state index contributed by atoms with van der Waals surface area (Å²) >= 11 is 0. The van der Waals surface area contributed by atoms with Gasteiger partial charge in [-0.1, -0.05) is 6.07 Å². The van der Waals surface area contributed by atoms with E-state index in [2.05, 4.69) is 5.32 Å². The monoisotopic (exact) mass is 353 g/mol. The zero-order chi connectivity index (χ0) is 19.2. The molecule has 1 rings (SSSR count). The zero-order valence-corrected chi connectivity index (χ0v) is 15.1. The van der Waals surface area contributed by atoms with Crippen LogP contribution in [0.25, 0.3) is 0 Å². The van der Waals surface area contributed by atoms with Crippen LogP contribution < -0.4 is 11.1 Å². The molecule has 8 nitrogen and oxygen atoms in total. The van der Waals surface area contributed by atoms with Crippen molar-refractivity contribution in [2.75, 3.05) is 11.9 Å². The predicted octanol–water partition coefficient (Wildman–Crippen LogP) is 2.13. The van der Waals surface area contributed by atoms with Gasteiger partial charge in [0.2, 0.25) is 0 Å². The number of aliphatic hydroxyl groups is 1. The van der Waals surface area contributed by atoms with E-state index in [1.165, 1.54) is 6.07 Å². The molecule has 2 atom stereocenters. The molecule has 0 radical (unpaired) electrons. The van der Waals surface area contributed by atoms with Crippen molar-refractivity contribution >= 4 is 17.3 Å². The highest BCUT2D eigenvalue weighted by Crippen LogP contribution is 2.27. The Hall–Kier alpha value is -2.19. The molecule has 0 heterocycles. The van der Waals surface area contributed by atoms with Gasteiger partial charge in [0.1, 0.15) is 17.3 Å². The smallest absolute Gasteiger partial charge is 0.329 e. The quantitative estimate of drug-likeness (QED) is 0.371. The largest absolute Gasteiger partial charge is 0.458 e. The van der Waals surface area contributed by atoms with Crippen molar-refractivity contribution in [2.24, 2.45) is 5.73 Å².